The topological polar surface area (TPSA) is 54.3 Å². The zero-order valence-electron chi connectivity index (χ0n) is 16.0. The van der Waals surface area contributed by atoms with Gasteiger partial charge in [0.05, 0.1) is 17.4 Å². The van der Waals surface area contributed by atoms with E-state index in [0.717, 1.165) is 43.7 Å². The lowest BCUT2D eigenvalue weighted by Gasteiger charge is -2.52. The van der Waals surface area contributed by atoms with Crippen LogP contribution < -0.4 is 0 Å². The number of nitrogens with zero attached hydrogens (tertiary/aromatic N) is 5. The fourth-order valence-corrected chi connectivity index (χ4v) is 4.62. The van der Waals surface area contributed by atoms with Crippen LogP contribution in [-0.2, 0) is 0 Å². The van der Waals surface area contributed by atoms with Crippen LogP contribution in [0.15, 0.2) is 24.4 Å². The van der Waals surface area contributed by atoms with E-state index in [2.05, 4.69) is 22.3 Å². The van der Waals surface area contributed by atoms with Crippen molar-refractivity contribution in [1.29, 1.82) is 0 Å². The molecular formula is C20H26FN5O. The summed E-state index contributed by atoms with van der Waals surface area (Å²) in [7, 11) is 2.13. The summed E-state index contributed by atoms with van der Waals surface area (Å²) in [5, 5.41) is 8.27. The molecule has 0 bridgehead atoms. The molecule has 2 aliphatic rings. The molecule has 2 aromatic rings. The minimum atomic E-state index is -0.288. The average Bonchev–Trinajstić information content (AvgIpc) is 3.12. The van der Waals surface area contributed by atoms with Gasteiger partial charge in [-0.05, 0) is 50.6 Å². The van der Waals surface area contributed by atoms with Crippen LogP contribution in [0.1, 0.15) is 48.2 Å². The highest BCUT2D eigenvalue weighted by Crippen LogP contribution is 2.37. The number of hydrogen-bond acceptors (Lipinski definition) is 4. The Kier molecular flexibility index (Phi) is 4.72. The monoisotopic (exact) mass is 371 g/mol. The van der Waals surface area contributed by atoms with Gasteiger partial charge in [-0.1, -0.05) is 24.5 Å². The molecule has 27 heavy (non-hydrogen) atoms. The second kappa shape index (κ2) is 7.03. The van der Waals surface area contributed by atoms with E-state index in [-0.39, 0.29) is 17.3 Å². The van der Waals surface area contributed by atoms with Crippen molar-refractivity contribution in [3.63, 3.8) is 0 Å². The molecule has 1 aliphatic heterocycles. The number of carbonyl (C=O) groups is 1. The lowest BCUT2D eigenvalue weighted by molar-refractivity contribution is -0.00817. The Morgan fingerprint density at radius 2 is 1.96 bits per heavy atom. The van der Waals surface area contributed by atoms with E-state index >= 15 is 0 Å². The molecule has 144 valence electrons. The molecule has 1 amide bonds. The van der Waals surface area contributed by atoms with Crippen molar-refractivity contribution in [3.8, 4) is 5.69 Å². The molecular weight excluding hydrogens is 345 g/mol. The lowest BCUT2D eigenvalue weighted by Crippen LogP contribution is -2.63. The van der Waals surface area contributed by atoms with Crippen molar-refractivity contribution >= 4 is 5.91 Å². The molecule has 0 atom stereocenters. The van der Waals surface area contributed by atoms with Gasteiger partial charge in [0.25, 0.3) is 5.91 Å². The highest BCUT2D eigenvalue weighted by atomic mass is 19.1. The molecule has 0 unspecified atom stereocenters. The van der Waals surface area contributed by atoms with Crippen molar-refractivity contribution in [3.05, 3.63) is 41.5 Å². The second-order valence-electron chi connectivity index (χ2n) is 7.96. The number of rotatable bonds is 2. The number of aromatic nitrogens is 3. The summed E-state index contributed by atoms with van der Waals surface area (Å²) in [6.45, 7) is 4.33. The van der Waals surface area contributed by atoms with Crippen molar-refractivity contribution in [1.82, 2.24) is 24.8 Å². The van der Waals surface area contributed by atoms with Gasteiger partial charge in [0.1, 0.15) is 5.82 Å². The Morgan fingerprint density at radius 3 is 2.70 bits per heavy atom. The molecule has 1 saturated heterocycles. The molecule has 2 heterocycles. The number of piperazine rings is 1. The number of hydrogen-bond donors (Lipinski definition) is 0. The molecule has 1 saturated carbocycles. The summed E-state index contributed by atoms with van der Waals surface area (Å²) >= 11 is 0. The van der Waals surface area contributed by atoms with Crippen LogP contribution >= 0.6 is 0 Å². The van der Waals surface area contributed by atoms with Crippen LogP contribution in [0.3, 0.4) is 0 Å². The van der Waals surface area contributed by atoms with Crippen LogP contribution in [0.25, 0.3) is 5.69 Å². The third-order valence-electron chi connectivity index (χ3n) is 5.99. The quantitative estimate of drug-likeness (QED) is 0.815. The van der Waals surface area contributed by atoms with Crippen LogP contribution in [0.5, 0.6) is 0 Å². The Labute approximate surface area is 158 Å². The van der Waals surface area contributed by atoms with Crippen LogP contribution in [0.4, 0.5) is 4.39 Å². The first-order valence-electron chi connectivity index (χ1n) is 9.68. The van der Waals surface area contributed by atoms with Crippen LogP contribution in [0, 0.1) is 12.7 Å². The molecule has 1 aromatic carbocycles. The SMILES string of the molecule is Cc1cc(F)ccc1-n1cc(C(=O)N2CCN(C)CC23CCCCC3)nn1. The molecule has 4 rings (SSSR count). The number of halogens is 1. The van der Waals surface area contributed by atoms with Gasteiger partial charge in [0, 0.05) is 19.6 Å². The van der Waals surface area contributed by atoms with Crippen LogP contribution in [0.2, 0.25) is 0 Å². The lowest BCUT2D eigenvalue weighted by atomic mass is 9.78. The van der Waals surface area contributed by atoms with E-state index in [4.69, 9.17) is 0 Å². The molecule has 1 aromatic heterocycles. The average molecular weight is 371 g/mol. The maximum atomic E-state index is 13.4. The zero-order valence-corrected chi connectivity index (χ0v) is 16.0. The van der Waals surface area contributed by atoms with Gasteiger partial charge >= 0.3 is 0 Å². The van der Waals surface area contributed by atoms with Gasteiger partial charge < -0.3 is 9.80 Å². The molecule has 1 aliphatic carbocycles. The summed E-state index contributed by atoms with van der Waals surface area (Å²) in [4.78, 5) is 17.7. The second-order valence-corrected chi connectivity index (χ2v) is 7.96. The highest BCUT2D eigenvalue weighted by Gasteiger charge is 2.44. The third-order valence-corrected chi connectivity index (χ3v) is 5.99. The van der Waals surface area contributed by atoms with Gasteiger partial charge in [-0.3, -0.25) is 4.79 Å². The molecule has 2 fully saturated rings. The van der Waals surface area contributed by atoms with Gasteiger partial charge in [0.15, 0.2) is 5.69 Å². The number of amides is 1. The first-order valence-corrected chi connectivity index (χ1v) is 9.68. The van der Waals surface area contributed by atoms with Crippen molar-refractivity contribution < 1.29 is 9.18 Å². The fraction of sp³-hybridized carbons (Fsp3) is 0.550. The summed E-state index contributed by atoms with van der Waals surface area (Å²) in [5.41, 5.74) is 1.75. The minimum Gasteiger partial charge on any atom is -0.329 e. The molecule has 6 nitrogen and oxygen atoms in total. The first-order chi connectivity index (χ1) is 13.0. The van der Waals surface area contributed by atoms with E-state index in [1.165, 1.54) is 31.4 Å². The Bertz CT molecular complexity index is 843. The molecule has 7 heteroatoms. The van der Waals surface area contributed by atoms with E-state index in [9.17, 15) is 9.18 Å². The van der Waals surface area contributed by atoms with Gasteiger partial charge in [-0.15, -0.1) is 5.10 Å². The van der Waals surface area contributed by atoms with Gasteiger partial charge in [-0.25, -0.2) is 9.07 Å². The first kappa shape index (κ1) is 18.1. The van der Waals surface area contributed by atoms with Crippen molar-refractivity contribution in [2.24, 2.45) is 0 Å². The number of likely N-dealkylation sites (N-methyl/N-ethyl adjacent to an activating group) is 1. The molecule has 0 radical (unpaired) electrons. The Morgan fingerprint density at radius 1 is 1.19 bits per heavy atom. The van der Waals surface area contributed by atoms with Gasteiger partial charge in [0.2, 0.25) is 0 Å². The summed E-state index contributed by atoms with van der Waals surface area (Å²) in [6, 6.07) is 4.51. The minimum absolute atomic E-state index is 0.0454. The highest BCUT2D eigenvalue weighted by molar-refractivity contribution is 5.92. The maximum absolute atomic E-state index is 13.4. The van der Waals surface area contributed by atoms with Crippen LogP contribution in [-0.4, -0.2) is 62.9 Å². The Balaban J connectivity index is 1.61. The van der Waals surface area contributed by atoms with E-state index in [1.54, 1.807) is 16.9 Å². The largest absolute Gasteiger partial charge is 0.329 e. The molecule has 1 spiro atoms. The van der Waals surface area contributed by atoms with E-state index < -0.39 is 0 Å². The standard InChI is InChI=1S/C20H26FN5O/c1-15-12-16(21)6-7-18(15)26-13-17(22-23-26)19(27)25-11-10-24(2)14-20(25)8-4-3-5-9-20/h6-7,12-13H,3-5,8-11,14H2,1-2H3. The normalized spacial score (nSPS) is 20.2. The van der Waals surface area contributed by atoms with E-state index in [1.807, 2.05) is 11.8 Å². The number of carbonyl (C=O) groups excluding carboxylic acids is 1. The zero-order chi connectivity index (χ0) is 19.0. The summed E-state index contributed by atoms with van der Waals surface area (Å²) in [6.07, 6.45) is 7.34. The fourth-order valence-electron chi connectivity index (χ4n) is 4.62. The van der Waals surface area contributed by atoms with E-state index in [0.29, 0.717) is 5.69 Å². The van der Waals surface area contributed by atoms with Crippen molar-refractivity contribution in [2.45, 2.75) is 44.6 Å². The van der Waals surface area contributed by atoms with Gasteiger partial charge in [-0.2, -0.15) is 0 Å². The maximum Gasteiger partial charge on any atom is 0.276 e. The predicted molar refractivity (Wildman–Crippen MR) is 100 cm³/mol. The van der Waals surface area contributed by atoms with Crippen molar-refractivity contribution in [2.75, 3.05) is 26.7 Å². The number of benzene rings is 1. The molecule has 0 N–H and O–H groups in total. The predicted octanol–water partition coefficient (Wildman–Crippen LogP) is 2.81. The smallest absolute Gasteiger partial charge is 0.276 e. The summed E-state index contributed by atoms with van der Waals surface area (Å²) < 4.78 is 14.9. The Hall–Kier alpha value is -2.28. The third kappa shape index (κ3) is 3.36. The summed E-state index contributed by atoms with van der Waals surface area (Å²) in [5.74, 6) is -0.333. The number of aryl methyl sites for hydroxylation is 1.